The molecule has 1 N–H and O–H groups in total. The molecule has 0 aromatic heterocycles. The van der Waals surface area contributed by atoms with Gasteiger partial charge in [0, 0.05) is 6.54 Å². The van der Waals surface area contributed by atoms with Crippen LogP contribution >= 0.6 is 0 Å². The van der Waals surface area contributed by atoms with Crippen LogP contribution in [0.5, 0.6) is 0 Å². The molecule has 1 aliphatic rings. The first-order chi connectivity index (χ1) is 9.30. The highest BCUT2D eigenvalue weighted by molar-refractivity contribution is 5.83. The molecule has 1 atom stereocenters. The SMILES string of the molecule is O=C(O)CC1c2ccccc2CCN1C(=O)C(F)(F)F. The fourth-order valence-electron chi connectivity index (χ4n) is 2.44. The summed E-state index contributed by atoms with van der Waals surface area (Å²) in [6.07, 6.45) is -5.25. The first-order valence-electron chi connectivity index (χ1n) is 5.98. The first-order valence-corrected chi connectivity index (χ1v) is 5.98. The summed E-state index contributed by atoms with van der Waals surface area (Å²) in [5, 5.41) is 8.87. The number of alkyl halides is 3. The van der Waals surface area contributed by atoms with Crippen LogP contribution in [-0.4, -0.2) is 34.6 Å². The van der Waals surface area contributed by atoms with Crippen molar-refractivity contribution in [2.45, 2.75) is 25.1 Å². The van der Waals surface area contributed by atoms with Gasteiger partial charge in [0.1, 0.15) is 0 Å². The number of fused-ring (bicyclic) bond motifs is 1. The molecular weight excluding hydrogens is 275 g/mol. The molecule has 0 aliphatic carbocycles. The second-order valence-corrected chi connectivity index (χ2v) is 4.56. The molecule has 2 rings (SSSR count). The van der Waals surface area contributed by atoms with Gasteiger partial charge in [-0.1, -0.05) is 24.3 Å². The van der Waals surface area contributed by atoms with E-state index in [1.807, 2.05) is 0 Å². The van der Waals surface area contributed by atoms with Gasteiger partial charge >= 0.3 is 18.1 Å². The van der Waals surface area contributed by atoms with Gasteiger partial charge < -0.3 is 10.0 Å². The molecule has 4 nitrogen and oxygen atoms in total. The fourth-order valence-corrected chi connectivity index (χ4v) is 2.44. The van der Waals surface area contributed by atoms with E-state index in [0.717, 1.165) is 5.56 Å². The number of carboxylic acid groups (broad SMARTS) is 1. The van der Waals surface area contributed by atoms with Gasteiger partial charge in [-0.25, -0.2) is 0 Å². The highest BCUT2D eigenvalue weighted by Crippen LogP contribution is 2.35. The molecular formula is C13H12F3NO3. The van der Waals surface area contributed by atoms with E-state index < -0.39 is 30.5 Å². The van der Waals surface area contributed by atoms with Crippen LogP contribution < -0.4 is 0 Å². The van der Waals surface area contributed by atoms with Crippen LogP contribution in [0.15, 0.2) is 24.3 Å². The van der Waals surface area contributed by atoms with Gasteiger partial charge in [0.25, 0.3) is 0 Å². The number of carbonyl (C=O) groups is 2. The second-order valence-electron chi connectivity index (χ2n) is 4.56. The number of rotatable bonds is 2. The summed E-state index contributed by atoms with van der Waals surface area (Å²) in [5.74, 6) is -3.23. The topological polar surface area (TPSA) is 57.6 Å². The van der Waals surface area contributed by atoms with Crippen LogP contribution in [0.4, 0.5) is 13.2 Å². The van der Waals surface area contributed by atoms with E-state index in [0.29, 0.717) is 10.5 Å². The van der Waals surface area contributed by atoms with Crippen LogP contribution in [0, 0.1) is 0 Å². The minimum Gasteiger partial charge on any atom is -0.481 e. The first kappa shape index (κ1) is 14.4. The molecule has 20 heavy (non-hydrogen) atoms. The Bertz CT molecular complexity index is 542. The molecule has 108 valence electrons. The summed E-state index contributed by atoms with van der Waals surface area (Å²) in [4.78, 5) is 22.9. The molecule has 0 bridgehead atoms. The lowest BCUT2D eigenvalue weighted by Crippen LogP contribution is -2.47. The minimum atomic E-state index is -5.00. The zero-order valence-electron chi connectivity index (χ0n) is 10.4. The fraction of sp³-hybridized carbons (Fsp3) is 0.385. The summed E-state index contributed by atoms with van der Waals surface area (Å²) in [6, 6.07) is 5.58. The van der Waals surface area contributed by atoms with E-state index in [2.05, 4.69) is 0 Å². The third kappa shape index (κ3) is 2.76. The van der Waals surface area contributed by atoms with E-state index in [4.69, 9.17) is 5.11 Å². The van der Waals surface area contributed by atoms with Crippen molar-refractivity contribution in [2.75, 3.05) is 6.54 Å². The highest BCUT2D eigenvalue weighted by atomic mass is 19.4. The molecule has 0 radical (unpaired) electrons. The van der Waals surface area contributed by atoms with Gasteiger partial charge in [-0.15, -0.1) is 0 Å². The lowest BCUT2D eigenvalue weighted by atomic mass is 9.90. The molecule has 1 aliphatic heterocycles. The Hall–Kier alpha value is -2.05. The van der Waals surface area contributed by atoms with Crippen molar-refractivity contribution in [1.82, 2.24) is 4.90 Å². The number of nitrogens with zero attached hydrogens (tertiary/aromatic N) is 1. The number of hydrogen-bond donors (Lipinski definition) is 1. The summed E-state index contributed by atoms with van der Waals surface area (Å²) >= 11 is 0. The third-order valence-corrected chi connectivity index (χ3v) is 3.28. The third-order valence-electron chi connectivity index (χ3n) is 3.28. The molecule has 0 saturated heterocycles. The van der Waals surface area contributed by atoms with Crippen molar-refractivity contribution in [1.29, 1.82) is 0 Å². The van der Waals surface area contributed by atoms with Crippen LogP contribution in [0.1, 0.15) is 23.6 Å². The van der Waals surface area contributed by atoms with Crippen molar-refractivity contribution in [2.24, 2.45) is 0 Å². The molecule has 1 heterocycles. The van der Waals surface area contributed by atoms with Gasteiger partial charge in [-0.05, 0) is 17.5 Å². The van der Waals surface area contributed by atoms with E-state index in [1.54, 1.807) is 24.3 Å². The molecule has 1 aromatic carbocycles. The lowest BCUT2D eigenvalue weighted by molar-refractivity contribution is -0.189. The van der Waals surface area contributed by atoms with Gasteiger partial charge in [0.05, 0.1) is 12.5 Å². The second kappa shape index (κ2) is 5.15. The number of carbonyl (C=O) groups excluding carboxylic acids is 1. The average Bonchev–Trinajstić information content (AvgIpc) is 2.37. The Balaban J connectivity index is 2.39. The number of aliphatic carboxylic acids is 1. The number of benzene rings is 1. The maximum Gasteiger partial charge on any atom is 0.471 e. The smallest absolute Gasteiger partial charge is 0.471 e. The number of amides is 1. The normalized spacial score (nSPS) is 18.6. The number of hydrogen-bond acceptors (Lipinski definition) is 2. The zero-order valence-corrected chi connectivity index (χ0v) is 10.4. The molecule has 0 fully saturated rings. The van der Waals surface area contributed by atoms with Crippen LogP contribution in [0.2, 0.25) is 0 Å². The maximum atomic E-state index is 12.6. The van der Waals surface area contributed by atoms with Crippen molar-refractivity contribution >= 4 is 11.9 Å². The number of halogens is 3. The summed E-state index contributed by atoms with van der Waals surface area (Å²) in [6.45, 7) is -0.132. The van der Waals surface area contributed by atoms with Gasteiger partial charge in [0.15, 0.2) is 0 Å². The maximum absolute atomic E-state index is 12.6. The van der Waals surface area contributed by atoms with Crippen LogP contribution in [0.3, 0.4) is 0 Å². The Labute approximate surface area is 112 Å². The highest BCUT2D eigenvalue weighted by Gasteiger charge is 2.46. The zero-order chi connectivity index (χ0) is 14.9. The van der Waals surface area contributed by atoms with E-state index in [9.17, 15) is 22.8 Å². The molecule has 1 aromatic rings. The van der Waals surface area contributed by atoms with E-state index >= 15 is 0 Å². The predicted octanol–water partition coefficient (Wildman–Crippen LogP) is 2.15. The lowest BCUT2D eigenvalue weighted by Gasteiger charge is -2.36. The minimum absolute atomic E-state index is 0.132. The summed E-state index contributed by atoms with van der Waals surface area (Å²) in [5.41, 5.74) is 1.25. The molecule has 0 saturated carbocycles. The molecule has 0 spiro atoms. The number of carboxylic acids is 1. The molecule has 1 amide bonds. The van der Waals surface area contributed by atoms with Crippen LogP contribution in [-0.2, 0) is 16.0 Å². The Morgan fingerprint density at radius 2 is 1.95 bits per heavy atom. The Morgan fingerprint density at radius 1 is 1.30 bits per heavy atom. The quantitative estimate of drug-likeness (QED) is 0.906. The van der Waals surface area contributed by atoms with Crippen LogP contribution in [0.25, 0.3) is 0 Å². The largest absolute Gasteiger partial charge is 0.481 e. The van der Waals surface area contributed by atoms with Crippen molar-refractivity contribution in [3.8, 4) is 0 Å². The van der Waals surface area contributed by atoms with Crippen molar-refractivity contribution < 1.29 is 27.9 Å². The molecule has 1 unspecified atom stereocenters. The summed E-state index contributed by atoms with van der Waals surface area (Å²) < 4.78 is 37.7. The molecule has 7 heteroatoms. The Morgan fingerprint density at radius 3 is 2.55 bits per heavy atom. The van der Waals surface area contributed by atoms with Crippen molar-refractivity contribution in [3.63, 3.8) is 0 Å². The van der Waals surface area contributed by atoms with Gasteiger partial charge in [-0.2, -0.15) is 13.2 Å². The average molecular weight is 287 g/mol. The van der Waals surface area contributed by atoms with Gasteiger partial charge in [0.2, 0.25) is 0 Å². The Kier molecular flexibility index (Phi) is 3.69. The summed E-state index contributed by atoms with van der Waals surface area (Å²) in [7, 11) is 0. The van der Waals surface area contributed by atoms with E-state index in [-0.39, 0.29) is 13.0 Å². The predicted molar refractivity (Wildman–Crippen MR) is 62.9 cm³/mol. The van der Waals surface area contributed by atoms with Gasteiger partial charge in [-0.3, -0.25) is 9.59 Å². The van der Waals surface area contributed by atoms with E-state index in [1.165, 1.54) is 0 Å². The standard InChI is InChI=1S/C13H12F3NO3/c14-13(15,16)12(20)17-6-5-8-3-1-2-4-9(8)10(17)7-11(18)19/h1-4,10H,5-7H2,(H,18,19). The monoisotopic (exact) mass is 287 g/mol. The van der Waals surface area contributed by atoms with Crippen molar-refractivity contribution in [3.05, 3.63) is 35.4 Å².